The van der Waals surface area contributed by atoms with Crippen LogP contribution in [0.3, 0.4) is 0 Å². The maximum absolute atomic E-state index is 12.0. The number of amidine groups is 1. The van der Waals surface area contributed by atoms with E-state index in [2.05, 4.69) is 19.9 Å². The van der Waals surface area contributed by atoms with Crippen LogP contribution in [-0.2, 0) is 14.8 Å². The maximum atomic E-state index is 12.0. The van der Waals surface area contributed by atoms with Gasteiger partial charge in [0.1, 0.15) is 5.84 Å². The number of nitrogens with zero attached hydrogens (tertiary/aromatic N) is 2. The van der Waals surface area contributed by atoms with E-state index in [1.807, 2.05) is 37.4 Å². The zero-order chi connectivity index (χ0) is 19.3. The van der Waals surface area contributed by atoms with Gasteiger partial charge in [-0.15, -0.1) is 0 Å². The molecule has 1 heterocycles. The zero-order valence-electron chi connectivity index (χ0n) is 15.1. The Hall–Kier alpha value is -2.87. The quantitative estimate of drug-likeness (QED) is 0.752. The molecule has 1 aliphatic rings. The molecule has 1 amide bonds. The number of aliphatic imine (C=N–C) groups is 1. The summed E-state index contributed by atoms with van der Waals surface area (Å²) >= 11 is 0. The normalized spacial score (nSPS) is 15.8. The van der Waals surface area contributed by atoms with Gasteiger partial charge in [-0.2, -0.15) is 0 Å². The predicted molar refractivity (Wildman–Crippen MR) is 106 cm³/mol. The van der Waals surface area contributed by atoms with Crippen LogP contribution in [0.5, 0.6) is 0 Å². The summed E-state index contributed by atoms with van der Waals surface area (Å²) in [5.41, 5.74) is 1.63. The molecular weight excluding hydrogens is 364 g/mol. The number of fused-ring (bicyclic) bond motifs is 1. The first-order valence-corrected chi connectivity index (χ1v) is 10.2. The molecule has 3 rings (SSSR count). The van der Waals surface area contributed by atoms with Crippen molar-refractivity contribution in [2.45, 2.75) is 11.3 Å². The highest BCUT2D eigenvalue weighted by Crippen LogP contribution is 2.22. The van der Waals surface area contributed by atoms with E-state index in [4.69, 9.17) is 0 Å². The van der Waals surface area contributed by atoms with Gasteiger partial charge in [-0.3, -0.25) is 14.5 Å². The van der Waals surface area contributed by atoms with E-state index in [1.165, 1.54) is 6.07 Å². The SMILES string of the molecule is CN(CCNC(=O)CCN=C1NS(=O)(=O)c2ccccc21)c1ccccc1. The Balaban J connectivity index is 1.46. The lowest BCUT2D eigenvalue weighted by Gasteiger charge is -2.19. The van der Waals surface area contributed by atoms with Gasteiger partial charge in [-0.1, -0.05) is 30.3 Å². The second kappa shape index (κ2) is 8.22. The summed E-state index contributed by atoms with van der Waals surface area (Å²) in [5.74, 6) is 0.178. The molecule has 0 fully saturated rings. The van der Waals surface area contributed by atoms with Crippen LogP contribution in [0.1, 0.15) is 12.0 Å². The van der Waals surface area contributed by atoms with Crippen molar-refractivity contribution in [1.29, 1.82) is 0 Å². The fourth-order valence-corrected chi connectivity index (χ4v) is 4.03. The van der Waals surface area contributed by atoms with E-state index in [0.717, 1.165) is 5.69 Å². The molecule has 0 saturated heterocycles. The molecule has 0 bridgehead atoms. The van der Waals surface area contributed by atoms with Crippen LogP contribution in [-0.4, -0.2) is 46.8 Å². The molecule has 2 N–H and O–H groups in total. The number of hydrogen-bond acceptors (Lipinski definition) is 5. The minimum atomic E-state index is -3.54. The van der Waals surface area contributed by atoms with Gasteiger partial charge in [0.2, 0.25) is 5.91 Å². The Kier molecular flexibility index (Phi) is 5.75. The molecule has 7 nitrogen and oxygen atoms in total. The van der Waals surface area contributed by atoms with Crippen molar-refractivity contribution in [3.05, 3.63) is 60.2 Å². The fraction of sp³-hybridized carbons (Fsp3) is 0.263. The van der Waals surface area contributed by atoms with Crippen LogP contribution in [0.25, 0.3) is 0 Å². The van der Waals surface area contributed by atoms with E-state index in [-0.39, 0.29) is 23.8 Å². The van der Waals surface area contributed by atoms with Crippen LogP contribution in [0.4, 0.5) is 5.69 Å². The number of nitrogens with one attached hydrogen (secondary N) is 2. The second-order valence-electron chi connectivity index (χ2n) is 6.19. The molecule has 1 aliphatic heterocycles. The number of likely N-dealkylation sites (N-methyl/N-ethyl adjacent to an activating group) is 1. The minimum absolute atomic E-state index is 0.116. The number of para-hydroxylation sites is 1. The molecular formula is C19H22N4O3S. The van der Waals surface area contributed by atoms with Gasteiger partial charge in [0.15, 0.2) is 0 Å². The van der Waals surface area contributed by atoms with Crippen molar-refractivity contribution in [1.82, 2.24) is 10.0 Å². The molecule has 2 aromatic rings. The third-order valence-electron chi connectivity index (χ3n) is 4.24. The smallest absolute Gasteiger partial charge is 0.263 e. The third kappa shape index (κ3) is 4.65. The monoisotopic (exact) mass is 386 g/mol. The third-order valence-corrected chi connectivity index (χ3v) is 5.63. The lowest BCUT2D eigenvalue weighted by Crippen LogP contribution is -2.33. The molecule has 2 aromatic carbocycles. The second-order valence-corrected chi connectivity index (χ2v) is 7.84. The number of anilines is 1. The van der Waals surface area contributed by atoms with Gasteiger partial charge < -0.3 is 10.2 Å². The summed E-state index contributed by atoms with van der Waals surface area (Å²) in [6.45, 7) is 1.43. The van der Waals surface area contributed by atoms with Crippen molar-refractivity contribution in [3.8, 4) is 0 Å². The number of benzene rings is 2. The molecule has 0 saturated carbocycles. The van der Waals surface area contributed by atoms with Gasteiger partial charge in [0.05, 0.1) is 11.4 Å². The number of sulfonamides is 1. The molecule has 0 aromatic heterocycles. The summed E-state index contributed by atoms with van der Waals surface area (Å²) in [7, 11) is -1.57. The highest BCUT2D eigenvalue weighted by Gasteiger charge is 2.29. The molecule has 0 radical (unpaired) electrons. The largest absolute Gasteiger partial charge is 0.373 e. The fourth-order valence-electron chi connectivity index (χ4n) is 2.78. The molecule has 8 heteroatoms. The summed E-state index contributed by atoms with van der Waals surface area (Å²) in [6, 6.07) is 16.6. The van der Waals surface area contributed by atoms with Gasteiger partial charge >= 0.3 is 0 Å². The first-order chi connectivity index (χ1) is 13.0. The van der Waals surface area contributed by atoms with Crippen molar-refractivity contribution in [2.75, 3.05) is 31.6 Å². The summed E-state index contributed by atoms with van der Waals surface area (Å²) in [5, 5.41) is 2.86. The Morgan fingerprint density at radius 2 is 1.81 bits per heavy atom. The van der Waals surface area contributed by atoms with Crippen LogP contribution < -0.4 is 14.9 Å². The van der Waals surface area contributed by atoms with Crippen molar-refractivity contribution >= 4 is 27.5 Å². The first kappa shape index (κ1) is 18.9. The van der Waals surface area contributed by atoms with E-state index < -0.39 is 10.0 Å². The van der Waals surface area contributed by atoms with Gasteiger partial charge in [0, 0.05) is 37.8 Å². The number of carbonyl (C=O) groups is 1. The lowest BCUT2D eigenvalue weighted by atomic mass is 10.2. The Morgan fingerprint density at radius 3 is 2.59 bits per heavy atom. The van der Waals surface area contributed by atoms with E-state index in [0.29, 0.717) is 24.5 Å². The average Bonchev–Trinajstić information content (AvgIpc) is 2.93. The van der Waals surface area contributed by atoms with Crippen molar-refractivity contribution in [2.24, 2.45) is 4.99 Å². The van der Waals surface area contributed by atoms with Crippen LogP contribution in [0.2, 0.25) is 0 Å². The van der Waals surface area contributed by atoms with Crippen LogP contribution in [0.15, 0.2) is 64.5 Å². The molecule has 0 aliphatic carbocycles. The Morgan fingerprint density at radius 1 is 1.11 bits per heavy atom. The summed E-state index contributed by atoms with van der Waals surface area (Å²) in [6.07, 6.45) is 0.197. The summed E-state index contributed by atoms with van der Waals surface area (Å²) < 4.78 is 26.4. The lowest BCUT2D eigenvalue weighted by molar-refractivity contribution is -0.120. The van der Waals surface area contributed by atoms with Crippen molar-refractivity contribution < 1.29 is 13.2 Å². The molecule has 142 valence electrons. The standard InChI is InChI=1S/C19H22N4O3S/c1-23(15-7-3-2-4-8-15)14-13-20-18(24)11-12-21-19-16-9-5-6-10-17(16)27(25,26)22-19/h2-10H,11-14H2,1H3,(H,20,24)(H,21,22). The van der Waals surface area contributed by atoms with E-state index in [9.17, 15) is 13.2 Å². The van der Waals surface area contributed by atoms with Crippen LogP contribution in [0, 0.1) is 0 Å². The van der Waals surface area contributed by atoms with Gasteiger partial charge in [-0.25, -0.2) is 8.42 Å². The Labute approximate surface area is 159 Å². The highest BCUT2D eigenvalue weighted by atomic mass is 32.2. The van der Waals surface area contributed by atoms with E-state index in [1.54, 1.807) is 18.2 Å². The van der Waals surface area contributed by atoms with Gasteiger partial charge in [-0.05, 0) is 24.3 Å². The molecule has 0 atom stereocenters. The van der Waals surface area contributed by atoms with Gasteiger partial charge in [0.25, 0.3) is 10.0 Å². The van der Waals surface area contributed by atoms with E-state index >= 15 is 0 Å². The number of carbonyl (C=O) groups excluding carboxylic acids is 1. The first-order valence-electron chi connectivity index (χ1n) is 8.67. The number of rotatable bonds is 7. The predicted octanol–water partition coefficient (Wildman–Crippen LogP) is 1.37. The molecule has 0 spiro atoms. The van der Waals surface area contributed by atoms with Crippen molar-refractivity contribution in [3.63, 3.8) is 0 Å². The van der Waals surface area contributed by atoms with Crippen LogP contribution >= 0.6 is 0 Å². The number of hydrogen-bond donors (Lipinski definition) is 2. The summed E-state index contributed by atoms with van der Waals surface area (Å²) in [4.78, 5) is 18.5. The molecule has 0 unspecified atom stereocenters. The Bertz CT molecular complexity index is 942. The highest BCUT2D eigenvalue weighted by molar-refractivity contribution is 7.90. The average molecular weight is 386 g/mol. The minimum Gasteiger partial charge on any atom is -0.373 e. The zero-order valence-corrected chi connectivity index (χ0v) is 15.9. The maximum Gasteiger partial charge on any atom is 0.263 e. The molecule has 27 heavy (non-hydrogen) atoms. The number of amides is 1. The topological polar surface area (TPSA) is 90.9 Å².